The molecule has 0 fully saturated rings. The zero-order valence-electron chi connectivity index (χ0n) is 14.9. The van der Waals surface area contributed by atoms with Crippen LogP contribution >= 0.6 is 0 Å². The number of ether oxygens (including phenoxy) is 2. The molecule has 1 heterocycles. The largest absolute Gasteiger partial charge is 0.493 e. The minimum atomic E-state index is -1.44. The number of methoxy groups -OCH3 is 2. The number of aryl methyl sites for hydroxylation is 1. The highest BCUT2D eigenvalue weighted by Crippen LogP contribution is 2.39. The second-order valence-corrected chi connectivity index (χ2v) is 5.98. The van der Waals surface area contributed by atoms with Crippen molar-refractivity contribution in [3.63, 3.8) is 0 Å². The summed E-state index contributed by atoms with van der Waals surface area (Å²) in [6, 6.07) is 5.33. The lowest BCUT2D eigenvalue weighted by atomic mass is 9.85. The highest BCUT2D eigenvalue weighted by atomic mass is 16.5. The van der Waals surface area contributed by atoms with Crippen LogP contribution in [0.25, 0.3) is 0 Å². The van der Waals surface area contributed by atoms with Crippen LogP contribution < -0.4 is 9.47 Å². The Morgan fingerprint density at radius 2 is 1.96 bits per heavy atom. The molecule has 1 aromatic carbocycles. The van der Waals surface area contributed by atoms with Gasteiger partial charge < -0.3 is 24.0 Å². The Kier molecular flexibility index (Phi) is 5.31. The number of hydrogen-bond acceptors (Lipinski definition) is 5. The Morgan fingerprint density at radius 3 is 2.46 bits per heavy atom. The predicted molar refractivity (Wildman–Crippen MR) is 93.4 cm³/mol. The summed E-state index contributed by atoms with van der Waals surface area (Å²) in [4.78, 5) is 6.31. The maximum Gasteiger partial charge on any atom is 0.170 e. The normalized spacial score (nSPS) is 13.6. The molecule has 0 aliphatic rings. The molecule has 2 aromatic rings. The van der Waals surface area contributed by atoms with Gasteiger partial charge in [0, 0.05) is 26.0 Å². The van der Waals surface area contributed by atoms with Crippen molar-refractivity contribution in [1.29, 1.82) is 0 Å². The van der Waals surface area contributed by atoms with Crippen molar-refractivity contribution in [1.82, 2.24) is 14.5 Å². The fraction of sp³-hybridized carbons (Fsp3) is 0.389. The van der Waals surface area contributed by atoms with E-state index < -0.39 is 5.60 Å². The van der Waals surface area contributed by atoms with E-state index in [0.717, 1.165) is 0 Å². The zero-order valence-corrected chi connectivity index (χ0v) is 14.9. The number of hydrogen-bond donors (Lipinski definition) is 1. The van der Waals surface area contributed by atoms with Crippen molar-refractivity contribution in [3.8, 4) is 11.5 Å². The van der Waals surface area contributed by atoms with Gasteiger partial charge in [-0.25, -0.2) is 4.98 Å². The molecule has 0 aliphatic heterocycles. The summed E-state index contributed by atoms with van der Waals surface area (Å²) < 4.78 is 12.5. The van der Waals surface area contributed by atoms with Crippen LogP contribution in [0, 0.1) is 0 Å². The lowest BCUT2D eigenvalue weighted by molar-refractivity contribution is 0.100. The summed E-state index contributed by atoms with van der Waals surface area (Å²) in [5.74, 6) is 1.64. The Labute approximate surface area is 143 Å². The Bertz CT molecular complexity index is 724. The van der Waals surface area contributed by atoms with Gasteiger partial charge in [-0.15, -0.1) is 0 Å². The van der Waals surface area contributed by atoms with Gasteiger partial charge in [-0.05, 0) is 37.4 Å². The molecule has 2 rings (SSSR count). The SMILES string of the molecule is C=C(CN(C)C)C(O)(c1ccc(OC)c(OC)c1)c1nccn1C. The molecule has 0 aliphatic carbocycles. The van der Waals surface area contributed by atoms with Crippen molar-refractivity contribution in [2.75, 3.05) is 34.9 Å². The van der Waals surface area contributed by atoms with Crippen LogP contribution in [-0.2, 0) is 12.6 Å². The molecule has 0 bridgehead atoms. The topological polar surface area (TPSA) is 59.8 Å². The van der Waals surface area contributed by atoms with Crippen LogP contribution in [0.2, 0.25) is 0 Å². The quantitative estimate of drug-likeness (QED) is 0.784. The minimum Gasteiger partial charge on any atom is -0.493 e. The molecule has 24 heavy (non-hydrogen) atoms. The van der Waals surface area contributed by atoms with Gasteiger partial charge >= 0.3 is 0 Å². The number of likely N-dealkylation sites (N-methyl/N-ethyl adjacent to an activating group) is 1. The number of benzene rings is 1. The maximum atomic E-state index is 11.6. The second kappa shape index (κ2) is 7.07. The van der Waals surface area contributed by atoms with E-state index in [9.17, 15) is 5.11 Å². The van der Waals surface area contributed by atoms with Crippen LogP contribution in [0.5, 0.6) is 11.5 Å². The van der Waals surface area contributed by atoms with Gasteiger partial charge in [-0.2, -0.15) is 0 Å². The van der Waals surface area contributed by atoms with Crippen molar-refractivity contribution < 1.29 is 14.6 Å². The molecule has 0 amide bonds. The summed E-state index contributed by atoms with van der Waals surface area (Å²) in [6.07, 6.45) is 3.45. The molecule has 1 aromatic heterocycles. The lowest BCUT2D eigenvalue weighted by Crippen LogP contribution is -2.36. The Balaban J connectivity index is 2.63. The fourth-order valence-electron chi connectivity index (χ4n) is 2.76. The predicted octanol–water partition coefficient (Wildman–Crippen LogP) is 1.79. The minimum absolute atomic E-state index is 0.501. The van der Waals surface area contributed by atoms with E-state index in [4.69, 9.17) is 9.47 Å². The molecule has 1 N–H and O–H groups in total. The molecule has 0 radical (unpaired) electrons. The molecule has 6 nitrogen and oxygen atoms in total. The van der Waals surface area contributed by atoms with E-state index >= 15 is 0 Å². The third kappa shape index (κ3) is 3.16. The Hall–Kier alpha value is -2.31. The summed E-state index contributed by atoms with van der Waals surface area (Å²) in [5, 5.41) is 11.6. The number of rotatable bonds is 7. The molecule has 1 atom stereocenters. The summed E-state index contributed by atoms with van der Waals surface area (Å²) in [6.45, 7) is 4.63. The Morgan fingerprint density at radius 1 is 1.29 bits per heavy atom. The van der Waals surface area contributed by atoms with Crippen LogP contribution in [0.1, 0.15) is 11.4 Å². The maximum absolute atomic E-state index is 11.6. The fourth-order valence-corrected chi connectivity index (χ4v) is 2.76. The van der Waals surface area contributed by atoms with Crippen molar-refractivity contribution in [3.05, 3.63) is 54.1 Å². The average molecular weight is 331 g/mol. The number of nitrogens with zero attached hydrogens (tertiary/aromatic N) is 3. The third-order valence-electron chi connectivity index (χ3n) is 3.96. The molecule has 130 valence electrons. The van der Waals surface area contributed by atoms with Gasteiger partial charge in [-0.3, -0.25) is 0 Å². The average Bonchev–Trinajstić information content (AvgIpc) is 2.99. The van der Waals surface area contributed by atoms with E-state index in [-0.39, 0.29) is 0 Å². The molecule has 6 heteroatoms. The van der Waals surface area contributed by atoms with Crippen LogP contribution in [0.15, 0.2) is 42.7 Å². The summed E-state index contributed by atoms with van der Waals surface area (Å²) in [5.41, 5.74) is -0.197. The van der Waals surface area contributed by atoms with E-state index in [1.54, 1.807) is 49.4 Å². The number of aromatic nitrogens is 2. The van der Waals surface area contributed by atoms with Gasteiger partial charge in [0.2, 0.25) is 0 Å². The highest BCUT2D eigenvalue weighted by Gasteiger charge is 2.39. The second-order valence-electron chi connectivity index (χ2n) is 5.98. The van der Waals surface area contributed by atoms with Gasteiger partial charge in [0.25, 0.3) is 0 Å². The van der Waals surface area contributed by atoms with E-state index in [1.807, 2.05) is 26.0 Å². The first-order chi connectivity index (χ1) is 11.3. The van der Waals surface area contributed by atoms with Crippen LogP contribution in [-0.4, -0.2) is 54.4 Å². The summed E-state index contributed by atoms with van der Waals surface area (Å²) in [7, 11) is 8.85. The number of aliphatic hydroxyl groups is 1. The lowest BCUT2D eigenvalue weighted by Gasteiger charge is -2.32. The molecular weight excluding hydrogens is 306 g/mol. The third-order valence-corrected chi connectivity index (χ3v) is 3.96. The molecule has 0 saturated carbocycles. The molecule has 0 saturated heterocycles. The monoisotopic (exact) mass is 331 g/mol. The van der Waals surface area contributed by atoms with Gasteiger partial charge in [0.05, 0.1) is 14.2 Å². The first kappa shape index (κ1) is 18.0. The van der Waals surface area contributed by atoms with Gasteiger partial charge in [0.15, 0.2) is 17.1 Å². The molecular formula is C18H25N3O3. The zero-order chi connectivity index (χ0) is 17.9. The molecule has 1 unspecified atom stereocenters. The first-order valence-corrected chi connectivity index (χ1v) is 7.60. The first-order valence-electron chi connectivity index (χ1n) is 7.60. The standard InChI is InChI=1S/C18H25N3O3/c1-13(12-20(2)3)18(22,17-19-9-10-21(17)4)14-7-8-15(23-5)16(11-14)24-6/h7-11,22H,1,12H2,2-6H3. The van der Waals surface area contributed by atoms with Crippen LogP contribution in [0.3, 0.4) is 0 Å². The summed E-state index contributed by atoms with van der Waals surface area (Å²) >= 11 is 0. The van der Waals surface area contributed by atoms with Gasteiger partial charge in [-0.1, -0.05) is 12.6 Å². The van der Waals surface area contributed by atoms with Crippen molar-refractivity contribution in [2.24, 2.45) is 7.05 Å². The van der Waals surface area contributed by atoms with E-state index in [0.29, 0.717) is 35.0 Å². The highest BCUT2D eigenvalue weighted by molar-refractivity contribution is 5.49. The van der Waals surface area contributed by atoms with Crippen molar-refractivity contribution in [2.45, 2.75) is 5.60 Å². The van der Waals surface area contributed by atoms with Gasteiger partial charge in [0.1, 0.15) is 5.82 Å². The van der Waals surface area contributed by atoms with E-state index in [2.05, 4.69) is 11.6 Å². The van der Waals surface area contributed by atoms with Crippen LogP contribution in [0.4, 0.5) is 0 Å². The molecule has 0 spiro atoms. The van der Waals surface area contributed by atoms with E-state index in [1.165, 1.54) is 0 Å². The van der Waals surface area contributed by atoms with Crippen molar-refractivity contribution >= 4 is 0 Å². The number of imidazole rings is 1. The smallest absolute Gasteiger partial charge is 0.170 e.